The van der Waals surface area contributed by atoms with Crippen molar-refractivity contribution >= 4 is 29.0 Å². The summed E-state index contributed by atoms with van der Waals surface area (Å²) in [6, 6.07) is 12.6. The Hall–Kier alpha value is -2.22. The van der Waals surface area contributed by atoms with Gasteiger partial charge >= 0.3 is 6.03 Å². The minimum absolute atomic E-state index is 0.153. The average Bonchev–Trinajstić information content (AvgIpc) is 3.29. The van der Waals surface area contributed by atoms with Crippen molar-refractivity contribution < 1.29 is 14.3 Å². The highest BCUT2D eigenvalue weighted by atomic mass is 32.1. The summed E-state index contributed by atoms with van der Waals surface area (Å²) in [6.07, 6.45) is 2.22. The summed E-state index contributed by atoms with van der Waals surface area (Å²) in [6.45, 7) is 2.29. The maximum Gasteiger partial charge on any atom is 0.325 e. The lowest BCUT2D eigenvalue weighted by atomic mass is 10.2. The second-order valence-corrected chi connectivity index (χ2v) is 7.28. The normalized spacial score (nSPS) is 16.6. The number of para-hydroxylation sites is 1. The van der Waals surface area contributed by atoms with Crippen LogP contribution in [-0.4, -0.2) is 42.6 Å². The van der Waals surface area contributed by atoms with E-state index in [1.54, 1.807) is 23.5 Å². The second kappa shape index (κ2) is 9.47. The highest BCUT2D eigenvalue weighted by Crippen LogP contribution is 2.17. The van der Waals surface area contributed by atoms with E-state index < -0.39 is 6.03 Å². The number of nitrogens with one attached hydrogen (secondary N) is 2. The molecule has 1 aliphatic heterocycles. The molecule has 1 saturated heterocycles. The van der Waals surface area contributed by atoms with Gasteiger partial charge in [-0.2, -0.15) is 0 Å². The second-order valence-electron chi connectivity index (χ2n) is 6.25. The average molecular weight is 373 g/mol. The van der Waals surface area contributed by atoms with Crippen molar-refractivity contribution in [2.75, 3.05) is 25.0 Å². The summed E-state index contributed by atoms with van der Waals surface area (Å²) in [5.74, 6) is -0.326. The smallest absolute Gasteiger partial charge is 0.325 e. The molecule has 0 bridgehead atoms. The Bertz CT molecular complexity index is 700. The van der Waals surface area contributed by atoms with Gasteiger partial charge in [-0.3, -0.25) is 15.0 Å². The van der Waals surface area contributed by atoms with Crippen molar-refractivity contribution in [3.05, 3.63) is 52.7 Å². The fourth-order valence-electron chi connectivity index (χ4n) is 2.94. The highest BCUT2D eigenvalue weighted by Gasteiger charge is 2.22. The van der Waals surface area contributed by atoms with Crippen molar-refractivity contribution in [1.82, 2.24) is 10.2 Å². The van der Waals surface area contributed by atoms with Crippen molar-refractivity contribution in [3.63, 3.8) is 0 Å². The van der Waals surface area contributed by atoms with Gasteiger partial charge in [0.2, 0.25) is 5.91 Å². The Labute approximate surface area is 157 Å². The number of nitrogens with zero attached hydrogens (tertiary/aromatic N) is 1. The predicted octanol–water partition coefficient (Wildman–Crippen LogP) is 3.08. The molecule has 0 aliphatic carbocycles. The van der Waals surface area contributed by atoms with E-state index in [0.29, 0.717) is 18.8 Å². The number of urea groups is 1. The van der Waals surface area contributed by atoms with Gasteiger partial charge in [0.15, 0.2) is 0 Å². The first-order valence-electron chi connectivity index (χ1n) is 8.71. The van der Waals surface area contributed by atoms with Gasteiger partial charge in [-0.05, 0) is 36.4 Å². The zero-order valence-electron chi connectivity index (χ0n) is 14.5. The summed E-state index contributed by atoms with van der Waals surface area (Å²) in [5.41, 5.74) is 0.646. The Morgan fingerprint density at radius 3 is 2.73 bits per heavy atom. The molecule has 1 aromatic carbocycles. The summed E-state index contributed by atoms with van der Waals surface area (Å²) >= 11 is 1.66. The highest BCUT2D eigenvalue weighted by molar-refractivity contribution is 7.09. The quantitative estimate of drug-likeness (QED) is 0.782. The molecule has 0 saturated carbocycles. The summed E-state index contributed by atoms with van der Waals surface area (Å²) in [7, 11) is 0. The van der Waals surface area contributed by atoms with E-state index in [2.05, 4.69) is 10.6 Å². The number of imide groups is 1. The minimum Gasteiger partial charge on any atom is -0.377 e. The molecule has 2 N–H and O–H groups in total. The van der Waals surface area contributed by atoms with E-state index in [1.807, 2.05) is 40.6 Å². The number of hydrogen-bond donors (Lipinski definition) is 2. The number of hydrogen-bond acceptors (Lipinski definition) is 5. The van der Waals surface area contributed by atoms with E-state index in [1.165, 1.54) is 4.88 Å². The van der Waals surface area contributed by atoms with E-state index in [4.69, 9.17) is 4.74 Å². The maximum absolute atomic E-state index is 12.3. The monoisotopic (exact) mass is 373 g/mol. The third kappa shape index (κ3) is 5.94. The first kappa shape index (κ1) is 18.6. The van der Waals surface area contributed by atoms with Gasteiger partial charge in [0, 0.05) is 30.3 Å². The lowest BCUT2D eigenvalue weighted by Crippen LogP contribution is -2.43. The van der Waals surface area contributed by atoms with Crippen LogP contribution < -0.4 is 10.6 Å². The first-order chi connectivity index (χ1) is 12.7. The summed E-state index contributed by atoms with van der Waals surface area (Å²) in [4.78, 5) is 27.5. The van der Waals surface area contributed by atoms with Gasteiger partial charge in [0.05, 0.1) is 12.6 Å². The van der Waals surface area contributed by atoms with Crippen LogP contribution in [0.1, 0.15) is 17.7 Å². The van der Waals surface area contributed by atoms with Crippen LogP contribution >= 0.6 is 11.3 Å². The van der Waals surface area contributed by atoms with Crippen LogP contribution in [-0.2, 0) is 16.1 Å². The zero-order chi connectivity index (χ0) is 18.2. The third-order valence-electron chi connectivity index (χ3n) is 4.10. The van der Waals surface area contributed by atoms with Crippen molar-refractivity contribution in [2.24, 2.45) is 0 Å². The van der Waals surface area contributed by atoms with Crippen LogP contribution in [0.25, 0.3) is 0 Å². The SMILES string of the molecule is O=C(CN(Cc1cccs1)CC1CCCO1)NC(=O)Nc1ccccc1. The van der Waals surface area contributed by atoms with Gasteiger partial charge in [-0.25, -0.2) is 4.79 Å². The first-order valence-corrected chi connectivity index (χ1v) is 9.59. The maximum atomic E-state index is 12.3. The van der Waals surface area contributed by atoms with E-state index in [9.17, 15) is 9.59 Å². The molecule has 1 aromatic heterocycles. The Morgan fingerprint density at radius 2 is 2.04 bits per heavy atom. The largest absolute Gasteiger partial charge is 0.377 e. The molecule has 1 unspecified atom stereocenters. The minimum atomic E-state index is -0.519. The number of thiophene rings is 1. The topological polar surface area (TPSA) is 70.7 Å². The van der Waals surface area contributed by atoms with Crippen molar-refractivity contribution in [2.45, 2.75) is 25.5 Å². The molecule has 0 spiro atoms. The van der Waals surface area contributed by atoms with Crippen LogP contribution in [0.3, 0.4) is 0 Å². The van der Waals surface area contributed by atoms with Gasteiger partial charge in [-0.1, -0.05) is 24.3 Å². The third-order valence-corrected chi connectivity index (χ3v) is 4.96. The number of benzene rings is 1. The van der Waals surface area contributed by atoms with Gasteiger partial charge in [-0.15, -0.1) is 11.3 Å². The summed E-state index contributed by atoms with van der Waals surface area (Å²) < 4.78 is 5.70. The molecule has 138 valence electrons. The van der Waals surface area contributed by atoms with Crippen molar-refractivity contribution in [3.8, 4) is 0 Å². The van der Waals surface area contributed by atoms with E-state index >= 15 is 0 Å². The van der Waals surface area contributed by atoms with Crippen LogP contribution in [0.5, 0.6) is 0 Å². The molecule has 1 atom stereocenters. The van der Waals surface area contributed by atoms with E-state index in [0.717, 1.165) is 19.4 Å². The predicted molar refractivity (Wildman–Crippen MR) is 102 cm³/mol. The molecule has 1 aliphatic rings. The lowest BCUT2D eigenvalue weighted by Gasteiger charge is -2.24. The van der Waals surface area contributed by atoms with Crippen molar-refractivity contribution in [1.29, 1.82) is 0 Å². The van der Waals surface area contributed by atoms with E-state index in [-0.39, 0.29) is 18.6 Å². The molecule has 6 nitrogen and oxygen atoms in total. The number of carbonyl (C=O) groups excluding carboxylic acids is 2. The Balaban J connectivity index is 1.52. The Morgan fingerprint density at radius 1 is 1.19 bits per heavy atom. The molecular formula is C19H23N3O3S. The standard InChI is InChI=1S/C19H23N3O3S/c23-18(21-19(24)20-15-6-2-1-3-7-15)14-22(12-16-8-4-10-25-16)13-17-9-5-11-26-17/h1-3,5-7,9,11,16H,4,8,10,12-14H2,(H2,20,21,23,24). The molecule has 0 radical (unpaired) electrons. The van der Waals surface area contributed by atoms with Gasteiger partial charge < -0.3 is 10.1 Å². The molecule has 3 amide bonds. The zero-order valence-corrected chi connectivity index (χ0v) is 15.3. The number of ether oxygens (including phenoxy) is 1. The number of amides is 3. The molecule has 2 heterocycles. The fraction of sp³-hybridized carbons (Fsp3) is 0.368. The molecule has 2 aromatic rings. The van der Waals surface area contributed by atoms with Gasteiger partial charge in [0.1, 0.15) is 0 Å². The van der Waals surface area contributed by atoms with Gasteiger partial charge in [0.25, 0.3) is 0 Å². The molecule has 26 heavy (non-hydrogen) atoms. The number of anilines is 1. The van der Waals surface area contributed by atoms with Crippen LogP contribution in [0.2, 0.25) is 0 Å². The molecule has 3 rings (SSSR count). The van der Waals surface area contributed by atoms with Crippen LogP contribution in [0, 0.1) is 0 Å². The molecule has 1 fully saturated rings. The summed E-state index contributed by atoms with van der Waals surface area (Å²) in [5, 5.41) is 7.07. The van der Waals surface area contributed by atoms with Crippen LogP contribution in [0.15, 0.2) is 47.8 Å². The number of carbonyl (C=O) groups is 2. The number of rotatable bonds is 7. The molecular weight excluding hydrogens is 350 g/mol. The molecule has 7 heteroatoms. The lowest BCUT2D eigenvalue weighted by molar-refractivity contribution is -0.121. The fourth-order valence-corrected chi connectivity index (χ4v) is 3.68. The van der Waals surface area contributed by atoms with Crippen LogP contribution in [0.4, 0.5) is 10.5 Å². The Kier molecular flexibility index (Phi) is 6.76.